The lowest BCUT2D eigenvalue weighted by atomic mass is 9.90. The molecule has 1 aromatic heterocycles. The van der Waals surface area contributed by atoms with Gasteiger partial charge in [-0.3, -0.25) is 0 Å². The number of rotatable bonds is 4. The summed E-state index contributed by atoms with van der Waals surface area (Å²) >= 11 is 1.34. The fraction of sp³-hybridized carbons (Fsp3) is 0.407. The van der Waals surface area contributed by atoms with E-state index in [1.165, 1.54) is 33.8 Å². The average Bonchev–Trinajstić information content (AvgIpc) is 3.42. The van der Waals surface area contributed by atoms with Crippen molar-refractivity contribution in [3.63, 3.8) is 0 Å². The van der Waals surface area contributed by atoms with Crippen LogP contribution < -0.4 is 0 Å². The van der Waals surface area contributed by atoms with Gasteiger partial charge in [-0.15, -0.1) is 0 Å². The lowest BCUT2D eigenvalue weighted by Crippen LogP contribution is -2.45. The van der Waals surface area contributed by atoms with Crippen LogP contribution in [-0.2, 0) is 10.3 Å². The SMILES string of the molecule is C[C@H]1CC[C@@H](c2cc(C(C)(C)O)sn2)CN1C(=O)OCC1c2ccccc2-c2ccccc21. The molecule has 6 heteroatoms. The highest BCUT2D eigenvalue weighted by molar-refractivity contribution is 7.06. The molecular formula is C27H30N2O3S. The summed E-state index contributed by atoms with van der Waals surface area (Å²) in [5.74, 6) is 0.221. The summed E-state index contributed by atoms with van der Waals surface area (Å²) < 4.78 is 10.5. The number of carbonyl (C=O) groups is 1. The third-order valence-corrected chi connectivity index (χ3v) is 8.12. The Morgan fingerprint density at radius 2 is 1.76 bits per heavy atom. The number of nitrogens with zero attached hydrogens (tertiary/aromatic N) is 2. The Balaban J connectivity index is 1.29. The zero-order valence-electron chi connectivity index (χ0n) is 19.3. The molecular weight excluding hydrogens is 432 g/mol. The van der Waals surface area contributed by atoms with E-state index in [0.717, 1.165) is 23.4 Å². The molecule has 2 atom stereocenters. The molecule has 0 spiro atoms. The summed E-state index contributed by atoms with van der Waals surface area (Å²) in [6, 6.07) is 18.9. The molecule has 172 valence electrons. The lowest BCUT2D eigenvalue weighted by molar-refractivity contribution is 0.0700. The normalized spacial score (nSPS) is 20.4. The number of likely N-dealkylation sites (tertiary alicyclic amines) is 1. The van der Waals surface area contributed by atoms with Gasteiger partial charge in [-0.25, -0.2) is 4.79 Å². The molecule has 5 rings (SSSR count). The van der Waals surface area contributed by atoms with Gasteiger partial charge in [-0.05, 0) is 73.5 Å². The molecule has 3 aromatic rings. The molecule has 1 fully saturated rings. The fourth-order valence-corrected chi connectivity index (χ4v) is 5.85. The first-order valence-corrected chi connectivity index (χ1v) is 12.4. The smallest absolute Gasteiger partial charge is 0.410 e. The van der Waals surface area contributed by atoms with E-state index in [1.807, 2.05) is 23.1 Å². The zero-order chi connectivity index (χ0) is 23.2. The molecule has 1 N–H and O–H groups in total. The van der Waals surface area contributed by atoms with Crippen molar-refractivity contribution in [1.82, 2.24) is 9.27 Å². The van der Waals surface area contributed by atoms with Crippen molar-refractivity contribution in [2.45, 2.75) is 57.1 Å². The highest BCUT2D eigenvalue weighted by Gasteiger charge is 2.34. The summed E-state index contributed by atoms with van der Waals surface area (Å²) in [7, 11) is 0. The summed E-state index contributed by atoms with van der Waals surface area (Å²) in [6.45, 7) is 6.56. The van der Waals surface area contributed by atoms with Gasteiger partial charge >= 0.3 is 6.09 Å². The maximum absolute atomic E-state index is 13.2. The van der Waals surface area contributed by atoms with Crippen LogP contribution in [0.25, 0.3) is 11.1 Å². The van der Waals surface area contributed by atoms with E-state index in [9.17, 15) is 9.90 Å². The number of aromatic nitrogens is 1. The first-order chi connectivity index (χ1) is 15.8. The van der Waals surface area contributed by atoms with Gasteiger partial charge in [-0.1, -0.05) is 48.5 Å². The van der Waals surface area contributed by atoms with Crippen molar-refractivity contribution in [2.24, 2.45) is 0 Å². The third-order valence-electron chi connectivity index (χ3n) is 7.00. The molecule has 1 aliphatic carbocycles. The molecule has 0 unspecified atom stereocenters. The van der Waals surface area contributed by atoms with Crippen molar-refractivity contribution in [1.29, 1.82) is 0 Å². The van der Waals surface area contributed by atoms with Gasteiger partial charge in [-0.2, -0.15) is 4.37 Å². The molecule has 5 nitrogen and oxygen atoms in total. The van der Waals surface area contributed by atoms with Gasteiger partial charge in [0.2, 0.25) is 0 Å². The standard InChI is InChI=1S/C27H30N2O3S/c1-17-12-13-18(24-14-25(33-28-24)27(2,3)31)15-29(17)26(30)32-16-23-21-10-6-4-8-19(21)20-9-5-7-11-22(20)23/h4-11,14,17-18,23,31H,12-13,15-16H2,1-3H3/t17-,18+/m0/s1. The summed E-state index contributed by atoms with van der Waals surface area (Å²) in [5, 5.41) is 10.3. The van der Waals surface area contributed by atoms with Crippen molar-refractivity contribution in [3.05, 3.63) is 76.3 Å². The van der Waals surface area contributed by atoms with E-state index in [2.05, 4.69) is 47.7 Å². The van der Waals surface area contributed by atoms with E-state index < -0.39 is 5.60 Å². The minimum atomic E-state index is -0.898. The first kappa shape index (κ1) is 22.1. The second-order valence-electron chi connectivity index (χ2n) is 9.75. The topological polar surface area (TPSA) is 62.7 Å². The number of carbonyl (C=O) groups excluding carboxylic acids is 1. The second kappa shape index (κ2) is 8.58. The molecule has 2 aliphatic rings. The van der Waals surface area contributed by atoms with Gasteiger partial charge in [0.1, 0.15) is 6.61 Å². The van der Waals surface area contributed by atoms with Crippen molar-refractivity contribution in [2.75, 3.05) is 13.2 Å². The van der Waals surface area contributed by atoms with E-state index in [4.69, 9.17) is 4.74 Å². The average molecular weight is 463 g/mol. The Labute approximate surface area is 199 Å². The maximum atomic E-state index is 13.2. The zero-order valence-corrected chi connectivity index (χ0v) is 20.1. The summed E-state index contributed by atoms with van der Waals surface area (Å²) in [4.78, 5) is 15.9. The third kappa shape index (κ3) is 4.18. The van der Waals surface area contributed by atoms with Crippen LogP contribution in [0.15, 0.2) is 54.6 Å². The monoisotopic (exact) mass is 462 g/mol. The molecule has 2 aromatic carbocycles. The highest BCUT2D eigenvalue weighted by Crippen LogP contribution is 2.44. The predicted octanol–water partition coefficient (Wildman–Crippen LogP) is 5.89. The Morgan fingerprint density at radius 3 is 2.36 bits per heavy atom. The van der Waals surface area contributed by atoms with E-state index in [0.29, 0.717) is 13.2 Å². The van der Waals surface area contributed by atoms with E-state index in [1.54, 1.807) is 13.8 Å². The number of ether oxygens (including phenoxy) is 1. The largest absolute Gasteiger partial charge is 0.448 e. The summed E-state index contributed by atoms with van der Waals surface area (Å²) in [6.07, 6.45) is 1.63. The van der Waals surface area contributed by atoms with Crippen LogP contribution in [0.1, 0.15) is 67.1 Å². The van der Waals surface area contributed by atoms with Gasteiger partial charge in [0.15, 0.2) is 0 Å². The van der Waals surface area contributed by atoms with Gasteiger partial charge in [0, 0.05) is 24.4 Å². The molecule has 0 saturated carbocycles. The lowest BCUT2D eigenvalue weighted by Gasteiger charge is -2.36. The molecule has 1 saturated heterocycles. The maximum Gasteiger partial charge on any atom is 0.410 e. The van der Waals surface area contributed by atoms with Crippen LogP contribution in [0, 0.1) is 0 Å². The van der Waals surface area contributed by atoms with Gasteiger partial charge in [0.05, 0.1) is 16.2 Å². The number of fused-ring (bicyclic) bond motifs is 3. The van der Waals surface area contributed by atoms with Crippen LogP contribution in [0.5, 0.6) is 0 Å². The first-order valence-electron chi connectivity index (χ1n) is 11.6. The minimum absolute atomic E-state index is 0.0603. The van der Waals surface area contributed by atoms with Crippen LogP contribution in [0.2, 0.25) is 0 Å². The minimum Gasteiger partial charge on any atom is -0.448 e. The Bertz CT molecular complexity index is 1120. The van der Waals surface area contributed by atoms with Gasteiger partial charge < -0.3 is 14.7 Å². The Hall–Kier alpha value is -2.70. The van der Waals surface area contributed by atoms with Crippen molar-refractivity contribution >= 4 is 17.6 Å². The molecule has 1 aliphatic heterocycles. The number of piperidine rings is 1. The number of hydrogen-bond donors (Lipinski definition) is 1. The molecule has 0 radical (unpaired) electrons. The number of benzene rings is 2. The molecule has 1 amide bonds. The second-order valence-corrected chi connectivity index (χ2v) is 10.6. The number of aliphatic hydroxyl groups is 1. The van der Waals surface area contributed by atoms with Crippen LogP contribution in [-0.4, -0.2) is 39.7 Å². The van der Waals surface area contributed by atoms with E-state index >= 15 is 0 Å². The summed E-state index contributed by atoms with van der Waals surface area (Å²) in [5.41, 5.74) is 4.96. The Kier molecular flexibility index (Phi) is 5.75. The van der Waals surface area contributed by atoms with Crippen molar-refractivity contribution < 1.29 is 14.6 Å². The van der Waals surface area contributed by atoms with Crippen LogP contribution in [0.4, 0.5) is 4.79 Å². The quantitative estimate of drug-likeness (QED) is 0.525. The fourth-order valence-electron chi connectivity index (χ4n) is 5.05. The van der Waals surface area contributed by atoms with Crippen LogP contribution in [0.3, 0.4) is 0 Å². The van der Waals surface area contributed by atoms with Crippen molar-refractivity contribution in [3.8, 4) is 11.1 Å². The number of amides is 1. The van der Waals surface area contributed by atoms with Gasteiger partial charge in [0.25, 0.3) is 0 Å². The predicted molar refractivity (Wildman–Crippen MR) is 131 cm³/mol. The molecule has 33 heavy (non-hydrogen) atoms. The molecule has 0 bridgehead atoms. The Morgan fingerprint density at radius 1 is 1.12 bits per heavy atom. The highest BCUT2D eigenvalue weighted by atomic mass is 32.1. The van der Waals surface area contributed by atoms with Crippen LogP contribution >= 0.6 is 11.5 Å². The number of hydrogen-bond acceptors (Lipinski definition) is 5. The van der Waals surface area contributed by atoms with E-state index in [-0.39, 0.29) is 24.0 Å². The molecule has 2 heterocycles.